The highest BCUT2D eigenvalue weighted by Crippen LogP contribution is 2.65. The van der Waals surface area contributed by atoms with Gasteiger partial charge in [-0.1, -0.05) is 44.2 Å². The zero-order valence-corrected chi connectivity index (χ0v) is 13.1. The van der Waals surface area contributed by atoms with Crippen LogP contribution in [-0.4, -0.2) is 18.8 Å². The molecule has 1 aromatic rings. The van der Waals surface area contributed by atoms with Crippen LogP contribution in [0.1, 0.15) is 45.1 Å². The molecule has 0 amide bonds. The van der Waals surface area contributed by atoms with Gasteiger partial charge in [0.2, 0.25) is 0 Å². The van der Waals surface area contributed by atoms with E-state index in [1.165, 1.54) is 6.42 Å². The Bertz CT molecular complexity index is 549. The molecule has 3 saturated carbocycles. The summed E-state index contributed by atoms with van der Waals surface area (Å²) < 4.78 is 12.6. The molecule has 3 aliphatic carbocycles. The van der Waals surface area contributed by atoms with E-state index in [4.69, 9.17) is 15.0 Å². The smallest absolute Gasteiger partial charge is 0.404 e. The molecule has 0 radical (unpaired) electrons. The average molecular weight is 285 g/mol. The molecule has 5 atom stereocenters. The molecule has 0 aromatic heterocycles. The van der Waals surface area contributed by atoms with E-state index in [1.807, 2.05) is 30.3 Å². The predicted molar refractivity (Wildman–Crippen MR) is 83.5 cm³/mol. The summed E-state index contributed by atoms with van der Waals surface area (Å²) in [5, 5.41) is 0. The molecule has 2 N–H and O–H groups in total. The van der Waals surface area contributed by atoms with Crippen molar-refractivity contribution in [3.8, 4) is 0 Å². The molecule has 5 rings (SSSR count). The van der Waals surface area contributed by atoms with Crippen LogP contribution in [0, 0.1) is 17.3 Å². The summed E-state index contributed by atoms with van der Waals surface area (Å²) in [6.07, 6.45) is 2.59. The Labute approximate surface area is 127 Å². The van der Waals surface area contributed by atoms with Crippen LogP contribution in [0.5, 0.6) is 0 Å². The number of rotatable bonds is 2. The number of nitrogens with two attached hydrogens (primary N) is 1. The van der Waals surface area contributed by atoms with E-state index >= 15 is 0 Å². The quantitative estimate of drug-likeness (QED) is 0.850. The first kappa shape index (κ1) is 13.8. The van der Waals surface area contributed by atoms with Gasteiger partial charge in [-0.15, -0.1) is 0 Å². The molecule has 3 nitrogen and oxygen atoms in total. The van der Waals surface area contributed by atoms with Gasteiger partial charge in [0.25, 0.3) is 0 Å². The second kappa shape index (κ2) is 4.34. The maximum absolute atomic E-state index is 6.41. The van der Waals surface area contributed by atoms with E-state index in [2.05, 4.69) is 20.8 Å². The zero-order valence-electron chi connectivity index (χ0n) is 13.1. The maximum atomic E-state index is 6.41. The van der Waals surface area contributed by atoms with Gasteiger partial charge in [0.1, 0.15) is 0 Å². The predicted octanol–water partition coefficient (Wildman–Crippen LogP) is 2.95. The minimum absolute atomic E-state index is 0.171. The summed E-state index contributed by atoms with van der Waals surface area (Å²) in [5.74, 6) is 1.14. The Hall–Kier alpha value is -0.835. The van der Waals surface area contributed by atoms with Crippen molar-refractivity contribution in [2.75, 3.05) is 0 Å². The second-order valence-electron chi connectivity index (χ2n) is 7.77. The fraction of sp³-hybridized carbons (Fsp3) is 0.647. The Balaban J connectivity index is 1.57. The van der Waals surface area contributed by atoms with Crippen molar-refractivity contribution in [2.24, 2.45) is 23.0 Å². The van der Waals surface area contributed by atoms with Crippen LogP contribution in [0.2, 0.25) is 0 Å². The Morgan fingerprint density at radius 3 is 2.57 bits per heavy atom. The van der Waals surface area contributed by atoms with Gasteiger partial charge in [-0.3, -0.25) is 0 Å². The van der Waals surface area contributed by atoms with Gasteiger partial charge in [0.15, 0.2) is 0 Å². The molecule has 1 heterocycles. The van der Waals surface area contributed by atoms with Gasteiger partial charge in [0.05, 0.1) is 17.6 Å². The molecule has 0 spiro atoms. The highest BCUT2D eigenvalue weighted by Gasteiger charge is 2.68. The van der Waals surface area contributed by atoms with Crippen LogP contribution >= 0.6 is 0 Å². The van der Waals surface area contributed by atoms with E-state index in [0.29, 0.717) is 11.3 Å². The van der Waals surface area contributed by atoms with Crippen LogP contribution < -0.4 is 5.73 Å². The lowest BCUT2D eigenvalue weighted by atomic mass is 9.43. The molecule has 4 heteroatoms. The van der Waals surface area contributed by atoms with Crippen LogP contribution in [0.15, 0.2) is 30.3 Å². The van der Waals surface area contributed by atoms with E-state index in [1.54, 1.807) is 0 Å². The molecule has 1 unspecified atom stereocenters. The number of benzene rings is 1. The van der Waals surface area contributed by atoms with Crippen molar-refractivity contribution >= 4 is 7.12 Å². The van der Waals surface area contributed by atoms with E-state index in [0.717, 1.165) is 17.9 Å². The summed E-state index contributed by atoms with van der Waals surface area (Å²) in [7, 11) is -0.322. The van der Waals surface area contributed by atoms with Crippen LogP contribution in [0.25, 0.3) is 0 Å². The van der Waals surface area contributed by atoms with Gasteiger partial charge in [0, 0.05) is 0 Å². The standard InChI is InChI=1S/C17H24BNO2/c1-16(2)12-9-13(16)17(3)14(10-12)20-18(21-17)15(19)11-7-5-4-6-8-11/h4-8,12-15H,9-10,19H2,1-3H3/t12-,13+,14+,15?,17+/m1/s1. The minimum atomic E-state index is -0.322. The molecular weight excluding hydrogens is 261 g/mol. The Kier molecular flexibility index (Phi) is 2.85. The van der Waals surface area contributed by atoms with E-state index in [-0.39, 0.29) is 24.8 Å². The lowest BCUT2D eigenvalue weighted by molar-refractivity contribution is -0.199. The molecule has 4 aliphatic rings. The summed E-state index contributed by atoms with van der Waals surface area (Å²) in [6, 6.07) is 10.1. The first-order chi connectivity index (χ1) is 9.93. The SMILES string of the molecule is CC1(C)[C@H]2C[C@@H]3OB(C(N)c4ccccc4)O[C@@]3(C)[C@H]1C2. The van der Waals surface area contributed by atoms with Crippen LogP contribution in [-0.2, 0) is 9.31 Å². The lowest BCUT2D eigenvalue weighted by Gasteiger charge is -2.64. The third kappa shape index (κ3) is 1.79. The van der Waals surface area contributed by atoms with Crippen LogP contribution in [0.4, 0.5) is 0 Å². The molecular formula is C17H24BNO2. The average Bonchev–Trinajstić information content (AvgIpc) is 2.84. The summed E-state index contributed by atoms with van der Waals surface area (Å²) >= 11 is 0. The highest BCUT2D eigenvalue weighted by atomic mass is 16.7. The number of hydrogen-bond donors (Lipinski definition) is 1. The topological polar surface area (TPSA) is 44.5 Å². The van der Waals surface area contributed by atoms with E-state index < -0.39 is 0 Å². The maximum Gasteiger partial charge on any atom is 0.480 e. The van der Waals surface area contributed by atoms with Gasteiger partial charge in [-0.2, -0.15) is 0 Å². The molecule has 2 bridgehead atoms. The highest BCUT2D eigenvalue weighted by molar-refractivity contribution is 6.47. The summed E-state index contributed by atoms with van der Waals surface area (Å²) in [6.45, 7) is 6.99. The van der Waals surface area contributed by atoms with Crippen molar-refractivity contribution in [1.29, 1.82) is 0 Å². The largest absolute Gasteiger partial charge is 0.480 e. The molecule has 112 valence electrons. The van der Waals surface area contributed by atoms with Gasteiger partial charge in [-0.25, -0.2) is 0 Å². The molecule has 1 aliphatic heterocycles. The summed E-state index contributed by atoms with van der Waals surface area (Å²) in [4.78, 5) is 0. The number of hydrogen-bond acceptors (Lipinski definition) is 3. The van der Waals surface area contributed by atoms with Crippen LogP contribution in [0.3, 0.4) is 0 Å². The molecule has 4 fully saturated rings. The molecule has 1 saturated heterocycles. The molecule has 21 heavy (non-hydrogen) atoms. The van der Waals surface area contributed by atoms with Crippen molar-refractivity contribution in [3.05, 3.63) is 35.9 Å². The van der Waals surface area contributed by atoms with Crippen molar-refractivity contribution in [2.45, 2.75) is 51.3 Å². The normalized spacial score (nSPS) is 41.3. The minimum Gasteiger partial charge on any atom is -0.404 e. The third-order valence-electron chi connectivity index (χ3n) is 6.45. The third-order valence-corrected chi connectivity index (χ3v) is 6.45. The first-order valence-corrected chi connectivity index (χ1v) is 8.06. The zero-order chi connectivity index (χ0) is 14.8. The van der Waals surface area contributed by atoms with Crippen molar-refractivity contribution in [1.82, 2.24) is 0 Å². The second-order valence-corrected chi connectivity index (χ2v) is 7.77. The Morgan fingerprint density at radius 1 is 1.19 bits per heavy atom. The summed E-state index contributed by atoms with van der Waals surface area (Å²) in [5.41, 5.74) is 7.67. The van der Waals surface area contributed by atoms with E-state index in [9.17, 15) is 0 Å². The monoisotopic (exact) mass is 285 g/mol. The fourth-order valence-corrected chi connectivity index (χ4v) is 4.88. The van der Waals surface area contributed by atoms with Gasteiger partial charge >= 0.3 is 7.12 Å². The molecule has 1 aromatic carbocycles. The van der Waals surface area contributed by atoms with Crippen molar-refractivity contribution in [3.63, 3.8) is 0 Å². The van der Waals surface area contributed by atoms with Crippen molar-refractivity contribution < 1.29 is 9.31 Å². The van der Waals surface area contributed by atoms with Gasteiger partial charge < -0.3 is 15.0 Å². The first-order valence-electron chi connectivity index (χ1n) is 8.06. The van der Waals surface area contributed by atoms with Gasteiger partial charge in [-0.05, 0) is 42.6 Å². The fourth-order valence-electron chi connectivity index (χ4n) is 4.88. The lowest BCUT2D eigenvalue weighted by Crippen LogP contribution is -2.65. The Morgan fingerprint density at radius 2 is 1.90 bits per heavy atom.